The molecule has 1 aliphatic rings. The largest absolute Gasteiger partial charge is 0.313 e. The van der Waals surface area contributed by atoms with Gasteiger partial charge in [-0.25, -0.2) is 8.42 Å². The molecule has 1 heterocycles. The van der Waals surface area contributed by atoms with E-state index < -0.39 is 9.84 Å². The lowest BCUT2D eigenvalue weighted by atomic mass is 10.0. The Hall–Kier alpha value is -0.580. The van der Waals surface area contributed by atoms with Crippen molar-refractivity contribution in [3.63, 3.8) is 0 Å². The van der Waals surface area contributed by atoms with Gasteiger partial charge in [0.15, 0.2) is 9.84 Å². The minimum Gasteiger partial charge on any atom is -0.313 e. The highest BCUT2D eigenvalue weighted by molar-refractivity contribution is 7.91. The van der Waals surface area contributed by atoms with Gasteiger partial charge < -0.3 is 5.32 Å². The van der Waals surface area contributed by atoms with E-state index >= 15 is 0 Å². The highest BCUT2D eigenvalue weighted by Gasteiger charge is 2.31. The van der Waals surface area contributed by atoms with E-state index in [1.165, 1.54) is 0 Å². The van der Waals surface area contributed by atoms with Gasteiger partial charge in [0.1, 0.15) is 0 Å². The first-order chi connectivity index (χ1) is 7.06. The van der Waals surface area contributed by atoms with Gasteiger partial charge in [-0.3, -0.25) is 0 Å². The van der Waals surface area contributed by atoms with E-state index in [-0.39, 0.29) is 11.8 Å². The van der Waals surface area contributed by atoms with Gasteiger partial charge in [0.2, 0.25) is 0 Å². The van der Waals surface area contributed by atoms with Crippen molar-refractivity contribution in [3.05, 3.63) is 28.8 Å². The second-order valence-corrected chi connectivity index (χ2v) is 6.06. The topological polar surface area (TPSA) is 46.2 Å². The van der Waals surface area contributed by atoms with Crippen LogP contribution in [-0.2, 0) is 9.84 Å². The van der Waals surface area contributed by atoms with Gasteiger partial charge in [-0.15, -0.1) is 0 Å². The van der Waals surface area contributed by atoms with Gasteiger partial charge in [-0.2, -0.15) is 0 Å². The summed E-state index contributed by atoms with van der Waals surface area (Å²) in [4.78, 5) is 0.303. The van der Waals surface area contributed by atoms with Gasteiger partial charge in [-0.05, 0) is 25.1 Å². The van der Waals surface area contributed by atoms with Crippen LogP contribution in [0.2, 0.25) is 5.02 Å². The highest BCUT2D eigenvalue weighted by atomic mass is 35.5. The fraction of sp³-hybridized carbons (Fsp3) is 0.400. The van der Waals surface area contributed by atoms with Gasteiger partial charge in [0.05, 0.1) is 15.7 Å². The van der Waals surface area contributed by atoms with E-state index in [1.54, 1.807) is 12.1 Å². The molecule has 2 rings (SSSR count). The summed E-state index contributed by atoms with van der Waals surface area (Å²) in [5.41, 5.74) is 0.788. The van der Waals surface area contributed by atoms with Gasteiger partial charge in [0.25, 0.3) is 0 Å². The molecule has 5 heteroatoms. The smallest absolute Gasteiger partial charge is 0.180 e. The van der Waals surface area contributed by atoms with Crippen molar-refractivity contribution >= 4 is 21.4 Å². The minimum atomic E-state index is -3.19. The zero-order valence-electron chi connectivity index (χ0n) is 8.33. The molecule has 3 nitrogen and oxygen atoms in total. The molecule has 1 aliphatic heterocycles. The number of rotatable bonds is 1. The Labute approximate surface area is 94.4 Å². The normalized spacial score (nSPS) is 23.5. The Morgan fingerprint density at radius 3 is 2.87 bits per heavy atom. The molecule has 0 bridgehead atoms. The van der Waals surface area contributed by atoms with Crippen LogP contribution < -0.4 is 5.32 Å². The summed E-state index contributed by atoms with van der Waals surface area (Å²) in [5.74, 6) is 0.162. The molecule has 82 valence electrons. The van der Waals surface area contributed by atoms with Gasteiger partial charge in [-0.1, -0.05) is 23.7 Å². The predicted molar refractivity (Wildman–Crippen MR) is 59.9 cm³/mol. The van der Waals surface area contributed by atoms with Crippen LogP contribution in [0.4, 0.5) is 0 Å². The summed E-state index contributed by atoms with van der Waals surface area (Å²) in [5, 5.41) is 3.43. The Balaban J connectivity index is 2.69. The molecular formula is C10H12ClNO2S. The zero-order chi connectivity index (χ0) is 11.1. The van der Waals surface area contributed by atoms with Crippen molar-refractivity contribution in [1.82, 2.24) is 5.32 Å². The van der Waals surface area contributed by atoms with Crippen LogP contribution in [0.3, 0.4) is 0 Å². The van der Waals surface area contributed by atoms with Crippen LogP contribution in [0.5, 0.6) is 0 Å². The molecular weight excluding hydrogens is 234 g/mol. The molecule has 0 spiro atoms. The SMILES string of the molecule is CNC1CCS(=O)(=O)c2c(Cl)cccc21. The van der Waals surface area contributed by atoms with Crippen molar-refractivity contribution in [3.8, 4) is 0 Å². The molecule has 0 fully saturated rings. The highest BCUT2D eigenvalue weighted by Crippen LogP contribution is 2.36. The molecule has 1 aromatic carbocycles. The number of halogens is 1. The second-order valence-electron chi connectivity index (χ2n) is 3.61. The van der Waals surface area contributed by atoms with Crippen molar-refractivity contribution in [2.24, 2.45) is 0 Å². The molecule has 0 amide bonds. The van der Waals surface area contributed by atoms with Crippen LogP contribution in [0.15, 0.2) is 23.1 Å². The summed E-state index contributed by atoms with van der Waals surface area (Å²) < 4.78 is 23.7. The van der Waals surface area contributed by atoms with Gasteiger partial charge in [0, 0.05) is 6.04 Å². The third-order valence-electron chi connectivity index (χ3n) is 2.71. The lowest BCUT2D eigenvalue weighted by molar-refractivity contribution is 0.529. The minimum absolute atomic E-state index is 0.0854. The number of benzene rings is 1. The first-order valence-electron chi connectivity index (χ1n) is 4.74. The summed E-state index contributed by atoms with van der Waals surface area (Å²) >= 11 is 5.94. The van der Waals surface area contributed by atoms with Crippen LogP contribution in [0.1, 0.15) is 18.0 Å². The van der Waals surface area contributed by atoms with E-state index in [0.29, 0.717) is 16.3 Å². The number of nitrogens with one attached hydrogen (secondary N) is 1. The summed E-state index contributed by atoms with van der Waals surface area (Å²) in [7, 11) is -1.36. The molecule has 0 radical (unpaired) electrons. The zero-order valence-corrected chi connectivity index (χ0v) is 9.90. The molecule has 0 aliphatic carbocycles. The molecule has 15 heavy (non-hydrogen) atoms. The van der Waals surface area contributed by atoms with Crippen molar-refractivity contribution in [2.45, 2.75) is 17.4 Å². The molecule has 0 saturated carbocycles. The molecule has 1 N–H and O–H groups in total. The average Bonchev–Trinajstić information content (AvgIpc) is 2.17. The van der Waals surface area contributed by atoms with Crippen LogP contribution >= 0.6 is 11.6 Å². The van der Waals surface area contributed by atoms with E-state index in [1.807, 2.05) is 13.1 Å². The van der Waals surface area contributed by atoms with Crippen LogP contribution in [-0.4, -0.2) is 21.2 Å². The molecule has 1 atom stereocenters. The molecule has 1 aromatic rings. The molecule has 1 unspecified atom stereocenters. The lowest BCUT2D eigenvalue weighted by Gasteiger charge is -2.25. The first-order valence-corrected chi connectivity index (χ1v) is 6.77. The first kappa shape index (κ1) is 10.9. The number of hydrogen-bond acceptors (Lipinski definition) is 3. The number of fused-ring (bicyclic) bond motifs is 1. The Kier molecular flexibility index (Phi) is 2.75. The summed E-state index contributed by atoms with van der Waals surface area (Å²) in [6.45, 7) is 0. The summed E-state index contributed by atoms with van der Waals surface area (Å²) in [6, 6.07) is 5.31. The van der Waals surface area contributed by atoms with Crippen LogP contribution in [0, 0.1) is 0 Å². The maximum atomic E-state index is 11.8. The van der Waals surface area contributed by atoms with Crippen molar-refractivity contribution in [2.75, 3.05) is 12.8 Å². The second kappa shape index (κ2) is 3.77. The number of hydrogen-bond donors (Lipinski definition) is 1. The van der Waals surface area contributed by atoms with Crippen molar-refractivity contribution in [1.29, 1.82) is 0 Å². The molecule has 0 aromatic heterocycles. The fourth-order valence-corrected chi connectivity index (χ4v) is 4.18. The van der Waals surface area contributed by atoms with E-state index in [9.17, 15) is 8.42 Å². The maximum absolute atomic E-state index is 11.8. The Bertz CT molecular complexity index is 484. The lowest BCUT2D eigenvalue weighted by Crippen LogP contribution is -2.27. The monoisotopic (exact) mass is 245 g/mol. The average molecular weight is 246 g/mol. The third kappa shape index (κ3) is 1.77. The fourth-order valence-electron chi connectivity index (χ4n) is 1.96. The number of sulfone groups is 1. The van der Waals surface area contributed by atoms with E-state index in [2.05, 4.69) is 5.32 Å². The Morgan fingerprint density at radius 2 is 2.20 bits per heavy atom. The Morgan fingerprint density at radius 1 is 1.47 bits per heavy atom. The summed E-state index contributed by atoms with van der Waals surface area (Å²) in [6.07, 6.45) is 0.603. The predicted octanol–water partition coefficient (Wildman–Crippen LogP) is 1.78. The third-order valence-corrected chi connectivity index (χ3v) is 4.99. The van der Waals surface area contributed by atoms with E-state index in [4.69, 9.17) is 11.6 Å². The van der Waals surface area contributed by atoms with Gasteiger partial charge >= 0.3 is 0 Å². The maximum Gasteiger partial charge on any atom is 0.180 e. The quantitative estimate of drug-likeness (QED) is 0.821. The van der Waals surface area contributed by atoms with E-state index in [0.717, 1.165) is 5.56 Å². The molecule has 0 saturated heterocycles. The standard InChI is InChI=1S/C10H12ClNO2S/c1-12-9-5-6-15(13,14)10-7(9)3-2-4-8(10)11/h2-4,9,12H,5-6H2,1H3. The van der Waals surface area contributed by atoms with Crippen molar-refractivity contribution < 1.29 is 8.42 Å². The van der Waals surface area contributed by atoms with Crippen LogP contribution in [0.25, 0.3) is 0 Å².